The minimum absolute atomic E-state index is 0.122. The zero-order valence-electron chi connectivity index (χ0n) is 15.8. The second-order valence-corrected chi connectivity index (χ2v) is 8.12. The Balaban J connectivity index is 1.33. The van der Waals surface area contributed by atoms with Crippen LogP contribution in [0, 0.1) is 0 Å². The third-order valence-electron chi connectivity index (χ3n) is 4.65. The van der Waals surface area contributed by atoms with Gasteiger partial charge >= 0.3 is 0 Å². The lowest BCUT2D eigenvalue weighted by molar-refractivity contribution is 0.0854. The molecular weight excluding hydrogens is 408 g/mol. The molecule has 2 aromatic carbocycles. The molecule has 0 radical (unpaired) electrons. The second kappa shape index (κ2) is 9.39. The van der Waals surface area contributed by atoms with Gasteiger partial charge in [-0.25, -0.2) is 4.98 Å². The lowest BCUT2D eigenvalue weighted by atomic mass is 10.2. The zero-order chi connectivity index (χ0) is 20.1. The maximum Gasteiger partial charge on any atom is 0.270 e. The largest absolute Gasteiger partial charge is 0.489 e. The summed E-state index contributed by atoms with van der Waals surface area (Å²) in [7, 11) is 0. The van der Waals surface area contributed by atoms with Gasteiger partial charge < -0.3 is 14.8 Å². The lowest BCUT2D eigenvalue weighted by Gasteiger charge is -2.09. The van der Waals surface area contributed by atoms with Crippen LogP contribution >= 0.6 is 22.9 Å². The molecule has 1 atom stereocenters. The van der Waals surface area contributed by atoms with Crippen molar-refractivity contribution in [2.24, 2.45) is 0 Å². The molecule has 0 bridgehead atoms. The van der Waals surface area contributed by atoms with Crippen molar-refractivity contribution in [1.29, 1.82) is 0 Å². The Kier molecular flexibility index (Phi) is 6.44. The van der Waals surface area contributed by atoms with E-state index in [2.05, 4.69) is 10.3 Å². The molecule has 1 saturated heterocycles. The average molecular weight is 429 g/mol. The molecule has 1 aliphatic heterocycles. The predicted octanol–water partition coefficient (Wildman–Crippen LogP) is 4.95. The van der Waals surface area contributed by atoms with Crippen LogP contribution in [0.1, 0.15) is 28.9 Å². The lowest BCUT2D eigenvalue weighted by Crippen LogP contribution is -2.31. The summed E-state index contributed by atoms with van der Waals surface area (Å²) in [5.41, 5.74) is 2.40. The molecule has 7 heteroatoms. The Hall–Kier alpha value is -2.41. The smallest absolute Gasteiger partial charge is 0.270 e. The molecule has 1 N–H and O–H groups in total. The normalized spacial score (nSPS) is 16.0. The van der Waals surface area contributed by atoms with E-state index < -0.39 is 0 Å². The molecule has 0 aliphatic carbocycles. The van der Waals surface area contributed by atoms with Gasteiger partial charge in [0.15, 0.2) is 0 Å². The van der Waals surface area contributed by atoms with Gasteiger partial charge in [-0.15, -0.1) is 11.3 Å². The average Bonchev–Trinajstić information content (AvgIpc) is 3.43. The van der Waals surface area contributed by atoms with E-state index in [1.807, 2.05) is 48.5 Å². The number of rotatable bonds is 7. The van der Waals surface area contributed by atoms with Crippen molar-refractivity contribution in [3.05, 3.63) is 70.2 Å². The van der Waals surface area contributed by atoms with Gasteiger partial charge in [0.2, 0.25) is 0 Å². The highest BCUT2D eigenvalue weighted by Gasteiger charge is 2.18. The first kappa shape index (κ1) is 19.9. The highest BCUT2D eigenvalue weighted by atomic mass is 35.5. The van der Waals surface area contributed by atoms with Gasteiger partial charge in [0.25, 0.3) is 5.91 Å². The maximum atomic E-state index is 12.3. The van der Waals surface area contributed by atoms with E-state index >= 15 is 0 Å². The van der Waals surface area contributed by atoms with Gasteiger partial charge in [0.1, 0.15) is 23.1 Å². The van der Waals surface area contributed by atoms with E-state index in [4.69, 9.17) is 21.1 Å². The first-order valence-corrected chi connectivity index (χ1v) is 10.8. The molecule has 1 aliphatic rings. The molecular formula is C22H21ClN2O3S. The number of thiazole rings is 1. The number of carbonyl (C=O) groups excluding carboxylic acids is 1. The topological polar surface area (TPSA) is 60.5 Å². The van der Waals surface area contributed by atoms with Crippen molar-refractivity contribution >= 4 is 28.8 Å². The second-order valence-electron chi connectivity index (χ2n) is 6.83. The molecule has 0 saturated carbocycles. The van der Waals surface area contributed by atoms with Crippen molar-refractivity contribution in [1.82, 2.24) is 10.3 Å². The summed E-state index contributed by atoms with van der Waals surface area (Å²) in [5, 5.41) is 6.18. The van der Waals surface area contributed by atoms with E-state index in [0.717, 1.165) is 41.3 Å². The number of amides is 1. The van der Waals surface area contributed by atoms with Gasteiger partial charge in [0.05, 0.1) is 6.10 Å². The van der Waals surface area contributed by atoms with Crippen LogP contribution in [0.4, 0.5) is 0 Å². The summed E-state index contributed by atoms with van der Waals surface area (Å²) < 4.78 is 11.3. The standard InChI is InChI=1S/C22H21ClN2O3S/c23-17-4-1-3-15(11-17)13-28-18-8-6-16(7-9-18)22-25-20(14-29-22)21(26)24-12-19-5-2-10-27-19/h1,3-4,6-9,11,14,19H,2,5,10,12-13H2,(H,24,26)/t19-/m1/s1. The molecule has 4 rings (SSSR count). The van der Waals surface area contributed by atoms with Gasteiger partial charge in [-0.2, -0.15) is 0 Å². The fraction of sp³-hybridized carbons (Fsp3) is 0.273. The minimum Gasteiger partial charge on any atom is -0.489 e. The number of benzene rings is 2. The van der Waals surface area contributed by atoms with Crippen molar-refractivity contribution in [2.45, 2.75) is 25.6 Å². The molecule has 0 unspecified atom stereocenters. The van der Waals surface area contributed by atoms with E-state index in [0.29, 0.717) is 23.9 Å². The molecule has 3 aromatic rings. The Labute approximate surface area is 178 Å². The molecule has 150 valence electrons. The summed E-state index contributed by atoms with van der Waals surface area (Å²) in [6, 6.07) is 15.3. The van der Waals surface area contributed by atoms with Crippen LogP contribution < -0.4 is 10.1 Å². The van der Waals surface area contributed by atoms with Crippen LogP contribution in [0.5, 0.6) is 5.75 Å². The highest BCUT2D eigenvalue weighted by molar-refractivity contribution is 7.13. The number of nitrogens with one attached hydrogen (secondary N) is 1. The van der Waals surface area contributed by atoms with E-state index in [9.17, 15) is 4.79 Å². The SMILES string of the molecule is O=C(NC[C@H]1CCCO1)c1csc(-c2ccc(OCc3cccc(Cl)c3)cc2)n1. The Bertz CT molecular complexity index is 968. The summed E-state index contributed by atoms with van der Waals surface area (Å²) in [5.74, 6) is 0.601. The number of carbonyl (C=O) groups is 1. The van der Waals surface area contributed by atoms with Crippen molar-refractivity contribution < 1.29 is 14.3 Å². The maximum absolute atomic E-state index is 12.3. The van der Waals surface area contributed by atoms with Crippen LogP contribution in [0.15, 0.2) is 53.9 Å². The summed E-state index contributed by atoms with van der Waals surface area (Å²) in [6.07, 6.45) is 2.17. The first-order chi connectivity index (χ1) is 14.2. The van der Waals surface area contributed by atoms with Crippen LogP contribution in [0.3, 0.4) is 0 Å². The monoisotopic (exact) mass is 428 g/mol. The molecule has 2 heterocycles. The summed E-state index contributed by atoms with van der Waals surface area (Å²) in [4.78, 5) is 16.8. The summed E-state index contributed by atoms with van der Waals surface area (Å²) >= 11 is 7.44. The Morgan fingerprint density at radius 2 is 2.14 bits per heavy atom. The Morgan fingerprint density at radius 1 is 1.28 bits per heavy atom. The van der Waals surface area contributed by atoms with E-state index in [-0.39, 0.29) is 12.0 Å². The quantitative estimate of drug-likeness (QED) is 0.578. The van der Waals surface area contributed by atoms with Gasteiger partial charge in [-0.1, -0.05) is 23.7 Å². The van der Waals surface area contributed by atoms with Crippen LogP contribution in [-0.2, 0) is 11.3 Å². The number of hydrogen-bond acceptors (Lipinski definition) is 5. The van der Waals surface area contributed by atoms with Crippen molar-refractivity contribution in [2.75, 3.05) is 13.2 Å². The molecule has 5 nitrogen and oxygen atoms in total. The van der Waals surface area contributed by atoms with Gasteiger partial charge in [0, 0.05) is 29.1 Å². The number of halogens is 1. The molecule has 1 aromatic heterocycles. The van der Waals surface area contributed by atoms with Crippen LogP contribution in [0.2, 0.25) is 5.02 Å². The molecule has 1 amide bonds. The van der Waals surface area contributed by atoms with E-state index in [1.54, 1.807) is 5.38 Å². The van der Waals surface area contributed by atoms with Gasteiger partial charge in [-0.3, -0.25) is 4.79 Å². The minimum atomic E-state index is -0.163. The molecule has 29 heavy (non-hydrogen) atoms. The Morgan fingerprint density at radius 3 is 2.90 bits per heavy atom. The third-order valence-corrected chi connectivity index (χ3v) is 5.77. The third kappa shape index (κ3) is 5.35. The summed E-state index contributed by atoms with van der Waals surface area (Å²) in [6.45, 7) is 1.76. The molecule has 0 spiro atoms. The van der Waals surface area contributed by atoms with Crippen LogP contribution in [-0.4, -0.2) is 30.1 Å². The molecule has 1 fully saturated rings. The number of aromatic nitrogens is 1. The first-order valence-electron chi connectivity index (χ1n) is 9.50. The van der Waals surface area contributed by atoms with Crippen molar-refractivity contribution in [3.8, 4) is 16.3 Å². The number of nitrogens with zero attached hydrogens (tertiary/aromatic N) is 1. The zero-order valence-corrected chi connectivity index (χ0v) is 17.3. The highest BCUT2D eigenvalue weighted by Crippen LogP contribution is 2.26. The van der Waals surface area contributed by atoms with Crippen LogP contribution in [0.25, 0.3) is 10.6 Å². The predicted molar refractivity (Wildman–Crippen MR) is 115 cm³/mol. The van der Waals surface area contributed by atoms with E-state index in [1.165, 1.54) is 11.3 Å². The number of hydrogen-bond donors (Lipinski definition) is 1. The van der Waals surface area contributed by atoms with Gasteiger partial charge in [-0.05, 0) is 54.8 Å². The fourth-order valence-electron chi connectivity index (χ4n) is 3.10. The number of ether oxygens (including phenoxy) is 2. The fourth-order valence-corrected chi connectivity index (χ4v) is 4.12. The van der Waals surface area contributed by atoms with Crippen molar-refractivity contribution in [3.63, 3.8) is 0 Å².